The smallest absolute Gasteiger partial charge is 0.104 e. The first-order valence-corrected chi connectivity index (χ1v) is 29.9. The van der Waals surface area contributed by atoms with E-state index in [1.165, 1.54) is 22.3 Å². The van der Waals surface area contributed by atoms with Gasteiger partial charge in [0.15, 0.2) is 0 Å². The molecule has 0 saturated heterocycles. The van der Waals surface area contributed by atoms with Gasteiger partial charge in [0.25, 0.3) is 0 Å². The van der Waals surface area contributed by atoms with E-state index in [2.05, 4.69) is 276 Å². The zero-order valence-electron chi connectivity index (χ0n) is 49.7. The van der Waals surface area contributed by atoms with E-state index >= 15 is 0 Å². The number of fused-ring (bicyclic) bond motifs is 15. The summed E-state index contributed by atoms with van der Waals surface area (Å²) in [5.74, 6) is 0. The molecule has 0 unspecified atom stereocenters. The number of hydrogen-bond acceptors (Lipinski definition) is 3. The van der Waals surface area contributed by atoms with Crippen molar-refractivity contribution in [3.8, 4) is 45.6 Å². The van der Waals surface area contributed by atoms with E-state index < -0.39 is 0 Å². The van der Waals surface area contributed by atoms with Crippen LogP contribution in [0, 0.1) is 66.7 Å². The summed E-state index contributed by atoms with van der Waals surface area (Å²) in [5, 5.41) is 24.5. The van der Waals surface area contributed by atoms with Gasteiger partial charge in [-0.2, -0.15) is 5.26 Å². The fourth-order valence-electron chi connectivity index (χ4n) is 14.7. The van der Waals surface area contributed by atoms with Crippen LogP contribution >= 0.6 is 0 Å². The average molecular weight is 1120 g/mol. The summed E-state index contributed by atoms with van der Waals surface area (Å²) >= 11 is 0. The molecule has 8 heteroatoms. The Bertz CT molecular complexity index is 5360. The van der Waals surface area contributed by atoms with Crippen molar-refractivity contribution in [1.29, 1.82) is 5.26 Å². The molecule has 0 spiro atoms. The van der Waals surface area contributed by atoms with Gasteiger partial charge in [-0.05, 0) is 182 Å². The van der Waals surface area contributed by atoms with Gasteiger partial charge in [0.05, 0.1) is 90.3 Å². The van der Waals surface area contributed by atoms with Gasteiger partial charge >= 0.3 is 0 Å². The maximum absolute atomic E-state index is 13.2. The van der Waals surface area contributed by atoms with E-state index in [0.717, 1.165) is 171 Å². The Kier molecular flexibility index (Phi) is 10.7. The maximum Gasteiger partial charge on any atom is 0.104 e. The first-order valence-electron chi connectivity index (χ1n) is 29.9. The highest BCUT2D eigenvalue weighted by Gasteiger charge is 2.35. The van der Waals surface area contributed by atoms with Crippen LogP contribution in [-0.4, -0.2) is 32.8 Å². The fourth-order valence-corrected chi connectivity index (χ4v) is 14.7. The third-order valence-electron chi connectivity index (χ3n) is 18.5. The van der Waals surface area contributed by atoms with Crippen molar-refractivity contribution in [2.75, 3.05) is 0 Å². The Morgan fingerprint density at radius 2 is 0.540 bits per heavy atom. The molecule has 0 radical (unpaired) electrons. The molecule has 7 heterocycles. The summed E-state index contributed by atoms with van der Waals surface area (Å²) in [7, 11) is 0. The molecule has 0 aliphatic carbocycles. The maximum atomic E-state index is 13.2. The van der Waals surface area contributed by atoms with Crippen molar-refractivity contribution in [2.24, 2.45) is 0 Å². The summed E-state index contributed by atoms with van der Waals surface area (Å²) in [4.78, 5) is 9.35. The number of aryl methyl sites for hydroxylation is 8. The third-order valence-corrected chi connectivity index (χ3v) is 18.5. The molecule has 17 aromatic rings. The predicted octanol–water partition coefficient (Wildman–Crippen LogP) is 20.0. The first kappa shape index (κ1) is 50.5. The molecule has 7 aromatic heterocycles. The van der Waals surface area contributed by atoms with Crippen LogP contribution in [0.4, 0.5) is 0 Å². The zero-order valence-corrected chi connectivity index (χ0v) is 49.7. The topological polar surface area (TPSA) is 74.2 Å². The monoisotopic (exact) mass is 1120 g/mol. The summed E-state index contributed by atoms with van der Waals surface area (Å²) in [6, 6.07) is 71.2. The highest BCUT2D eigenvalue weighted by Crippen LogP contribution is 2.52. The van der Waals surface area contributed by atoms with Gasteiger partial charge in [0.1, 0.15) is 11.6 Å². The van der Waals surface area contributed by atoms with Gasteiger partial charge in [0.2, 0.25) is 0 Å². The number of pyridine rings is 2. The Labute approximate surface area is 502 Å². The van der Waals surface area contributed by atoms with Crippen molar-refractivity contribution in [2.45, 2.75) is 55.4 Å². The highest BCUT2D eigenvalue weighted by atomic mass is 15.1. The molecule has 8 nitrogen and oxygen atoms in total. The van der Waals surface area contributed by atoms with Crippen LogP contribution in [0.15, 0.2) is 207 Å². The minimum Gasteiger partial charge on any atom is -0.306 e. The van der Waals surface area contributed by atoms with Crippen LogP contribution < -0.4 is 0 Å². The lowest BCUT2D eigenvalue weighted by Gasteiger charge is -2.29. The van der Waals surface area contributed by atoms with Gasteiger partial charge in [0, 0.05) is 77.5 Å². The van der Waals surface area contributed by atoms with Crippen molar-refractivity contribution in [3.63, 3.8) is 0 Å². The molecule has 0 amide bonds. The average Bonchev–Trinajstić information content (AvgIpc) is 1.65. The fraction of sp³-hybridized carbons (Fsp3) is 0.101. The van der Waals surface area contributed by atoms with Crippen LogP contribution in [0.3, 0.4) is 0 Å². The normalized spacial score (nSPS) is 12.1. The van der Waals surface area contributed by atoms with E-state index in [9.17, 15) is 5.26 Å². The Balaban J connectivity index is 1.19. The van der Waals surface area contributed by atoms with Gasteiger partial charge in [-0.3, -0.25) is 9.97 Å². The zero-order chi connectivity index (χ0) is 58.8. The lowest BCUT2D eigenvalue weighted by atomic mass is 9.93. The van der Waals surface area contributed by atoms with Crippen LogP contribution in [0.2, 0.25) is 0 Å². The predicted molar refractivity (Wildman–Crippen MR) is 362 cm³/mol. The number of hydrogen-bond donors (Lipinski definition) is 0. The number of nitriles is 1. The number of rotatable bonds is 6. The van der Waals surface area contributed by atoms with Crippen molar-refractivity contribution in [3.05, 3.63) is 257 Å². The second-order valence-electron chi connectivity index (χ2n) is 24.4. The highest BCUT2D eigenvalue weighted by molar-refractivity contribution is 6.18. The molecule has 0 bridgehead atoms. The number of nitrogens with zero attached hydrogens (tertiary/aromatic N) is 8. The van der Waals surface area contributed by atoms with Gasteiger partial charge < -0.3 is 22.8 Å². The second-order valence-corrected chi connectivity index (χ2v) is 24.4. The summed E-state index contributed by atoms with van der Waals surface area (Å²) in [6.07, 6.45) is 7.65. The van der Waals surface area contributed by atoms with Crippen LogP contribution in [0.1, 0.15) is 50.1 Å². The van der Waals surface area contributed by atoms with Crippen LogP contribution in [0.5, 0.6) is 0 Å². The molecule has 0 fully saturated rings. The van der Waals surface area contributed by atoms with E-state index in [1.54, 1.807) is 0 Å². The van der Waals surface area contributed by atoms with E-state index in [-0.39, 0.29) is 0 Å². The number of benzene rings is 10. The molecule has 17 rings (SSSR count). The molecule has 414 valence electrons. The Morgan fingerprint density at radius 3 is 0.805 bits per heavy atom. The molecular formula is C79H58N8. The molecule has 0 aliphatic rings. The quantitative estimate of drug-likeness (QED) is 0.166. The SMILES string of the molecule is Cc1ccc2c(c1)c1cc(C)ccc1n2-c1c(C#N)c(-n2c3ccc(C)cc3c3cc(C)ccc32)c(-n2c3ccc(C)cc3c3cc(C)ccc32)c(-c2ccc(-n3c4cnccc4c4ccncc43)cc2)c1-n1c2ccc(C)cc2c2cc(C)ccc21. The lowest BCUT2D eigenvalue weighted by molar-refractivity contribution is 1.03. The lowest BCUT2D eigenvalue weighted by Crippen LogP contribution is -2.16. The third kappa shape index (κ3) is 7.23. The van der Waals surface area contributed by atoms with Crippen LogP contribution in [0.25, 0.3) is 149 Å². The molecular weight excluding hydrogens is 1060 g/mol. The molecule has 87 heavy (non-hydrogen) atoms. The van der Waals surface area contributed by atoms with Gasteiger partial charge in [-0.15, -0.1) is 0 Å². The molecule has 0 N–H and O–H groups in total. The minimum atomic E-state index is 0.536. The molecule has 0 saturated carbocycles. The largest absolute Gasteiger partial charge is 0.306 e. The van der Waals surface area contributed by atoms with Crippen molar-refractivity contribution >= 4 is 109 Å². The van der Waals surface area contributed by atoms with Crippen molar-refractivity contribution in [1.82, 2.24) is 32.8 Å². The number of aromatic nitrogens is 7. The molecule has 0 aliphatic heterocycles. The van der Waals surface area contributed by atoms with E-state index in [1.807, 2.05) is 24.8 Å². The molecule has 10 aromatic carbocycles. The summed E-state index contributed by atoms with van der Waals surface area (Å²) < 4.78 is 12.1. The summed E-state index contributed by atoms with van der Waals surface area (Å²) in [6.45, 7) is 17.4. The van der Waals surface area contributed by atoms with Crippen LogP contribution in [-0.2, 0) is 0 Å². The van der Waals surface area contributed by atoms with E-state index in [4.69, 9.17) is 0 Å². The standard InChI is InChI=1S/C79H58N8/c1-44-9-21-65-56(33-44)57-34-45(2)10-22-66(57)84(65)76-64(41-80)77(85-67-23-11-46(3)35-58(67)59-36-47(4)12-24-68(59)85)79(87-71-27-15-50(7)39-62(71)63-40-51(8)16-28-72(63)87)75(78(76)86-69-25-13-48(5)37-60(69)61-38-49(6)14-26-70(61)86)52-17-19-53(20-18-52)83-73-42-81-31-29-54(73)55-30-32-82-43-74(55)83/h9-40,42-43H,1-8H3. The first-order chi connectivity index (χ1) is 42.4. The molecule has 0 atom stereocenters. The van der Waals surface area contributed by atoms with Gasteiger partial charge in [-0.25, -0.2) is 0 Å². The Hall–Kier alpha value is -11.0. The minimum absolute atomic E-state index is 0.536. The Morgan fingerprint density at radius 1 is 0.276 bits per heavy atom. The van der Waals surface area contributed by atoms with Crippen molar-refractivity contribution < 1.29 is 0 Å². The second kappa shape index (κ2) is 18.5. The van der Waals surface area contributed by atoms with Gasteiger partial charge in [-0.1, -0.05) is 105 Å². The summed E-state index contributed by atoms with van der Waals surface area (Å²) in [5.41, 5.74) is 26.3. The van der Waals surface area contributed by atoms with E-state index in [0.29, 0.717) is 5.56 Å².